The summed E-state index contributed by atoms with van der Waals surface area (Å²) in [6.45, 7) is 6.25. The Bertz CT molecular complexity index is 1150. The molecule has 0 saturated carbocycles. The third-order valence-electron chi connectivity index (χ3n) is 4.87. The lowest BCUT2D eigenvalue weighted by Crippen LogP contribution is -2.48. The molecule has 0 bridgehead atoms. The SMILES string of the molecule is C=c1nc2c(c(=O)[nH]1)=Nc1cc(C)c(C)cc1N2C[C@@H](O)[C@@H](O)[C@@H](O)CO[P+](O)(O)O. The van der Waals surface area contributed by atoms with Crippen LogP contribution in [0.2, 0.25) is 0 Å². The van der Waals surface area contributed by atoms with Gasteiger partial charge >= 0.3 is 8.17 Å². The Morgan fingerprint density at radius 3 is 2.45 bits per heavy atom. The average molecular weight is 455 g/mol. The van der Waals surface area contributed by atoms with Gasteiger partial charge in [-0.05, 0) is 37.1 Å². The minimum absolute atomic E-state index is 0.00384. The van der Waals surface area contributed by atoms with Crippen molar-refractivity contribution in [2.24, 2.45) is 4.99 Å². The van der Waals surface area contributed by atoms with Gasteiger partial charge in [-0.3, -0.25) is 4.79 Å². The van der Waals surface area contributed by atoms with E-state index in [1.165, 1.54) is 4.90 Å². The molecule has 7 N–H and O–H groups in total. The van der Waals surface area contributed by atoms with Crippen LogP contribution in [0.15, 0.2) is 21.9 Å². The molecule has 1 aliphatic heterocycles. The van der Waals surface area contributed by atoms with E-state index < -0.39 is 38.6 Å². The molecule has 0 aliphatic carbocycles. The van der Waals surface area contributed by atoms with Gasteiger partial charge in [0.25, 0.3) is 5.56 Å². The first-order valence-corrected chi connectivity index (χ1v) is 10.8. The summed E-state index contributed by atoms with van der Waals surface area (Å²) < 4.78 is 4.29. The molecular weight excluding hydrogens is 431 g/mol. The van der Waals surface area contributed by atoms with Gasteiger partial charge in [0.05, 0.1) is 17.9 Å². The summed E-state index contributed by atoms with van der Waals surface area (Å²) >= 11 is 0. The molecule has 13 heteroatoms. The third kappa shape index (κ3) is 5.14. The molecule has 1 aliphatic rings. The van der Waals surface area contributed by atoms with Crippen molar-refractivity contribution in [3.63, 3.8) is 0 Å². The van der Waals surface area contributed by atoms with Crippen LogP contribution in [0.3, 0.4) is 0 Å². The van der Waals surface area contributed by atoms with Gasteiger partial charge in [-0.2, -0.15) is 19.2 Å². The monoisotopic (exact) mass is 455 g/mol. The highest BCUT2D eigenvalue weighted by Crippen LogP contribution is 2.45. The predicted octanol–water partition coefficient (Wildman–Crippen LogP) is -2.05. The minimum Gasteiger partial charge on any atom is -0.388 e. The maximum atomic E-state index is 12.4. The van der Waals surface area contributed by atoms with Crippen LogP contribution < -0.4 is 21.3 Å². The zero-order valence-electron chi connectivity index (χ0n) is 16.8. The van der Waals surface area contributed by atoms with Crippen LogP contribution >= 0.6 is 8.17 Å². The Kier molecular flexibility index (Phi) is 6.56. The van der Waals surface area contributed by atoms with E-state index in [4.69, 9.17) is 14.7 Å². The van der Waals surface area contributed by atoms with Gasteiger partial charge in [-0.15, -0.1) is 0 Å². The van der Waals surface area contributed by atoms with Crippen molar-refractivity contribution in [1.82, 2.24) is 9.97 Å². The number of aryl methyl sites for hydroxylation is 2. The lowest BCUT2D eigenvalue weighted by Gasteiger charge is -2.32. The molecule has 0 saturated heterocycles. The molecular formula is C18H24N4O8P+. The van der Waals surface area contributed by atoms with E-state index in [2.05, 4.69) is 26.1 Å². The number of nitrogens with zero attached hydrogens (tertiary/aromatic N) is 3. The molecule has 0 unspecified atom stereocenters. The molecule has 0 amide bonds. The Morgan fingerprint density at radius 2 is 1.81 bits per heavy atom. The molecule has 0 spiro atoms. The van der Waals surface area contributed by atoms with Gasteiger partial charge in [0.1, 0.15) is 30.4 Å². The van der Waals surface area contributed by atoms with Gasteiger partial charge in [0, 0.05) is 0 Å². The van der Waals surface area contributed by atoms with Crippen molar-refractivity contribution < 1.29 is 34.5 Å². The van der Waals surface area contributed by atoms with Gasteiger partial charge < -0.3 is 25.2 Å². The first-order chi connectivity index (χ1) is 14.4. The zero-order chi connectivity index (χ0) is 23.1. The maximum Gasteiger partial charge on any atom is 0.567 e. The zero-order valence-corrected chi connectivity index (χ0v) is 17.7. The first-order valence-electron chi connectivity index (χ1n) is 9.20. The molecule has 31 heavy (non-hydrogen) atoms. The number of nitrogens with one attached hydrogen (secondary N) is 1. The fourth-order valence-corrected chi connectivity index (χ4v) is 3.48. The third-order valence-corrected chi connectivity index (χ3v) is 5.37. The minimum atomic E-state index is -4.61. The summed E-state index contributed by atoms with van der Waals surface area (Å²) in [5.74, 6) is 0.118. The number of aliphatic hydroxyl groups is 3. The van der Waals surface area contributed by atoms with E-state index in [9.17, 15) is 20.1 Å². The van der Waals surface area contributed by atoms with E-state index in [1.807, 2.05) is 13.8 Å². The molecule has 0 radical (unpaired) electrons. The first kappa shape index (κ1) is 23.4. The number of fused-ring (bicyclic) bond motifs is 2. The highest BCUT2D eigenvalue weighted by molar-refractivity contribution is 7.53. The Hall–Kier alpha value is -2.28. The molecule has 2 aromatic rings. The second-order valence-corrected chi connectivity index (χ2v) is 8.55. The van der Waals surface area contributed by atoms with E-state index in [0.717, 1.165) is 11.1 Å². The predicted molar refractivity (Wildman–Crippen MR) is 111 cm³/mol. The molecule has 168 valence electrons. The van der Waals surface area contributed by atoms with Gasteiger partial charge in [-0.25, -0.2) is 9.98 Å². The number of anilines is 2. The number of H-pyrrole nitrogens is 1. The summed E-state index contributed by atoms with van der Waals surface area (Å²) in [5.41, 5.74) is 2.38. The summed E-state index contributed by atoms with van der Waals surface area (Å²) in [5, 5.41) is 30.8. The van der Waals surface area contributed by atoms with Crippen LogP contribution in [0.25, 0.3) is 6.58 Å². The summed E-state index contributed by atoms with van der Waals surface area (Å²) in [7, 11) is -4.61. The normalized spacial score (nSPS) is 16.2. The number of aromatic amines is 1. The Morgan fingerprint density at radius 1 is 1.16 bits per heavy atom. The van der Waals surface area contributed by atoms with E-state index in [0.29, 0.717) is 11.4 Å². The Labute approximate surface area is 176 Å². The lowest BCUT2D eigenvalue weighted by atomic mass is 10.0. The molecule has 12 nitrogen and oxygen atoms in total. The van der Waals surface area contributed by atoms with Crippen LogP contribution in [0.5, 0.6) is 0 Å². The second kappa shape index (κ2) is 8.69. The number of benzene rings is 1. The average Bonchev–Trinajstić information content (AvgIpc) is 2.67. The van der Waals surface area contributed by atoms with Crippen LogP contribution in [0, 0.1) is 13.8 Å². The topological polar surface area (TPSA) is 192 Å². The fraction of sp³-hybridized carbons (Fsp3) is 0.389. The van der Waals surface area contributed by atoms with Crippen molar-refractivity contribution in [3.05, 3.63) is 44.5 Å². The standard InChI is InChI=1S/C18H23N4O8P/c1-8-4-11-12(5-9(8)2)22(17-15(21-11)18(26)20-10(3)19-17)6-13(23)16(25)14(24)7-30-31(27,28)29/h4-5,13-14,16,23-25,27-29H,3,6-7H2,1-2H3/p+1/t13-,14+,16-/m1/s1. The van der Waals surface area contributed by atoms with Crippen molar-refractivity contribution >= 4 is 31.9 Å². The number of aromatic nitrogens is 2. The summed E-state index contributed by atoms with van der Waals surface area (Å²) in [6, 6.07) is 3.57. The smallest absolute Gasteiger partial charge is 0.388 e. The van der Waals surface area contributed by atoms with Crippen molar-refractivity contribution in [2.75, 3.05) is 18.1 Å². The largest absolute Gasteiger partial charge is 0.567 e. The number of hydrogen-bond acceptors (Lipinski definition) is 11. The summed E-state index contributed by atoms with van der Waals surface area (Å²) in [6.07, 6.45) is -5.12. The molecule has 0 fully saturated rings. The van der Waals surface area contributed by atoms with Gasteiger partial charge in [0.15, 0.2) is 11.2 Å². The molecule has 1 aromatic carbocycles. The highest BCUT2D eigenvalue weighted by atomic mass is 31.2. The number of rotatable bonds is 7. The van der Waals surface area contributed by atoms with E-state index in [-0.39, 0.29) is 23.2 Å². The quantitative estimate of drug-likeness (QED) is 0.229. The number of hydrogen-bond donors (Lipinski definition) is 7. The van der Waals surface area contributed by atoms with E-state index in [1.54, 1.807) is 12.1 Å². The number of aliphatic hydroxyl groups excluding tert-OH is 3. The van der Waals surface area contributed by atoms with Crippen LogP contribution in [0.1, 0.15) is 11.1 Å². The molecule has 3 rings (SSSR count). The van der Waals surface area contributed by atoms with Gasteiger partial charge in [0.2, 0.25) is 0 Å². The van der Waals surface area contributed by atoms with Crippen molar-refractivity contribution in [2.45, 2.75) is 32.2 Å². The fourth-order valence-electron chi connectivity index (χ4n) is 3.13. The highest BCUT2D eigenvalue weighted by Gasteiger charge is 2.37. The van der Waals surface area contributed by atoms with Crippen LogP contribution in [-0.4, -0.2) is 71.4 Å². The molecule has 3 atom stereocenters. The lowest BCUT2D eigenvalue weighted by molar-refractivity contribution is -0.0733. The molecule has 2 heterocycles. The van der Waals surface area contributed by atoms with E-state index >= 15 is 0 Å². The second-order valence-electron chi connectivity index (χ2n) is 7.27. The van der Waals surface area contributed by atoms with Crippen LogP contribution in [-0.2, 0) is 4.52 Å². The van der Waals surface area contributed by atoms with Crippen molar-refractivity contribution in [3.8, 4) is 0 Å². The maximum absolute atomic E-state index is 12.4. The molecule has 1 aromatic heterocycles. The van der Waals surface area contributed by atoms with Gasteiger partial charge in [-0.1, -0.05) is 6.58 Å². The van der Waals surface area contributed by atoms with Crippen molar-refractivity contribution in [1.29, 1.82) is 0 Å². The van der Waals surface area contributed by atoms with Crippen LogP contribution in [0.4, 0.5) is 17.2 Å². The summed E-state index contributed by atoms with van der Waals surface area (Å²) in [4.78, 5) is 51.5. The Balaban J connectivity index is 1.97. The number of β-amino-alcohol motifs (C(OH)–C–C–N with tert-alkyl or cyclic N) is 1.